The summed E-state index contributed by atoms with van der Waals surface area (Å²) in [7, 11) is 1.46. The third-order valence-electron chi connectivity index (χ3n) is 2.78. The van der Waals surface area contributed by atoms with E-state index in [0.717, 1.165) is 5.56 Å². The Bertz CT molecular complexity index is 439. The Labute approximate surface area is 100 Å². The summed E-state index contributed by atoms with van der Waals surface area (Å²) in [4.78, 5) is 10.8. The highest BCUT2D eigenvalue weighted by Crippen LogP contribution is 2.38. The minimum atomic E-state index is -0.960. The van der Waals surface area contributed by atoms with Crippen molar-refractivity contribution < 1.29 is 19.0 Å². The molecule has 0 aliphatic rings. The van der Waals surface area contributed by atoms with Crippen molar-refractivity contribution in [2.24, 2.45) is 0 Å². The fourth-order valence-electron chi connectivity index (χ4n) is 2.02. The molecule has 0 aliphatic carbocycles. The van der Waals surface area contributed by atoms with E-state index in [2.05, 4.69) is 0 Å². The number of carboxylic acids is 1. The molecule has 0 radical (unpaired) electrons. The van der Waals surface area contributed by atoms with Crippen molar-refractivity contribution in [2.45, 2.75) is 32.6 Å². The first kappa shape index (κ1) is 13.5. The van der Waals surface area contributed by atoms with Crippen LogP contribution in [-0.2, 0) is 10.2 Å². The van der Waals surface area contributed by atoms with Crippen LogP contribution in [0, 0.1) is 12.7 Å². The summed E-state index contributed by atoms with van der Waals surface area (Å²) in [5, 5.41) is 8.87. The van der Waals surface area contributed by atoms with Gasteiger partial charge in [0, 0.05) is 11.0 Å². The van der Waals surface area contributed by atoms with Crippen molar-refractivity contribution >= 4 is 5.97 Å². The molecule has 1 aromatic rings. The van der Waals surface area contributed by atoms with E-state index in [9.17, 15) is 9.18 Å². The molecule has 0 aliphatic heterocycles. The lowest BCUT2D eigenvalue weighted by Crippen LogP contribution is -2.24. The molecular weight excluding hydrogens is 223 g/mol. The Morgan fingerprint density at radius 3 is 2.53 bits per heavy atom. The summed E-state index contributed by atoms with van der Waals surface area (Å²) in [6.07, 6.45) is -0.149. The fourth-order valence-corrected chi connectivity index (χ4v) is 2.02. The average Bonchev–Trinajstić information content (AvgIpc) is 2.18. The predicted octanol–water partition coefficient (Wildman–Crippen LogP) is 2.90. The highest BCUT2D eigenvalue weighted by molar-refractivity contribution is 5.69. The SMILES string of the molecule is COc1c(C)ccc(F)c1C(C)(C)CC(=O)O. The summed E-state index contributed by atoms with van der Waals surface area (Å²) >= 11 is 0. The van der Waals surface area contributed by atoms with Crippen molar-refractivity contribution in [3.05, 3.63) is 29.1 Å². The lowest BCUT2D eigenvalue weighted by Gasteiger charge is -2.26. The second-order valence-electron chi connectivity index (χ2n) is 4.73. The van der Waals surface area contributed by atoms with E-state index in [1.807, 2.05) is 0 Å². The maximum Gasteiger partial charge on any atom is 0.304 e. The number of hydrogen-bond acceptors (Lipinski definition) is 2. The lowest BCUT2D eigenvalue weighted by atomic mass is 9.80. The minimum absolute atomic E-state index is 0.149. The number of rotatable bonds is 4. The number of methoxy groups -OCH3 is 1. The Kier molecular flexibility index (Phi) is 3.76. The van der Waals surface area contributed by atoms with Gasteiger partial charge in [-0.1, -0.05) is 19.9 Å². The number of benzene rings is 1. The molecule has 0 saturated heterocycles. The maximum absolute atomic E-state index is 13.9. The number of hydrogen-bond donors (Lipinski definition) is 1. The van der Waals surface area contributed by atoms with Gasteiger partial charge < -0.3 is 9.84 Å². The van der Waals surface area contributed by atoms with Crippen molar-refractivity contribution in [3.8, 4) is 5.75 Å². The van der Waals surface area contributed by atoms with Gasteiger partial charge in [0.2, 0.25) is 0 Å². The summed E-state index contributed by atoms with van der Waals surface area (Å²) in [5.41, 5.74) is 0.303. The topological polar surface area (TPSA) is 46.5 Å². The highest BCUT2D eigenvalue weighted by atomic mass is 19.1. The van der Waals surface area contributed by atoms with Crippen molar-refractivity contribution in [1.29, 1.82) is 0 Å². The third kappa shape index (κ3) is 2.75. The molecular formula is C13H17FO3. The molecule has 0 bridgehead atoms. The van der Waals surface area contributed by atoms with Gasteiger partial charge in [-0.25, -0.2) is 4.39 Å². The molecule has 0 atom stereocenters. The van der Waals surface area contributed by atoms with Crippen LogP contribution in [-0.4, -0.2) is 18.2 Å². The number of ether oxygens (including phenoxy) is 1. The highest BCUT2D eigenvalue weighted by Gasteiger charge is 2.31. The number of aliphatic carboxylic acids is 1. The van der Waals surface area contributed by atoms with Crippen LogP contribution in [0.15, 0.2) is 12.1 Å². The van der Waals surface area contributed by atoms with E-state index in [4.69, 9.17) is 9.84 Å². The Morgan fingerprint density at radius 2 is 2.06 bits per heavy atom. The third-order valence-corrected chi connectivity index (χ3v) is 2.78. The summed E-state index contributed by atoms with van der Waals surface area (Å²) in [5.74, 6) is -0.965. The molecule has 0 amide bonds. The molecule has 0 unspecified atom stereocenters. The van der Waals surface area contributed by atoms with E-state index in [-0.39, 0.29) is 6.42 Å². The first-order valence-electron chi connectivity index (χ1n) is 5.35. The zero-order valence-electron chi connectivity index (χ0n) is 10.5. The van der Waals surface area contributed by atoms with Crippen LogP contribution in [0.5, 0.6) is 5.75 Å². The van der Waals surface area contributed by atoms with Crippen LogP contribution < -0.4 is 4.74 Å². The van der Waals surface area contributed by atoms with Gasteiger partial charge in [-0.05, 0) is 18.6 Å². The molecule has 4 heteroatoms. The number of carbonyl (C=O) groups is 1. The van der Waals surface area contributed by atoms with Crippen molar-refractivity contribution in [3.63, 3.8) is 0 Å². The van der Waals surface area contributed by atoms with Crippen LogP contribution in [0.3, 0.4) is 0 Å². The van der Waals surface area contributed by atoms with Gasteiger partial charge in [0.05, 0.1) is 13.5 Å². The average molecular weight is 240 g/mol. The molecule has 0 heterocycles. The predicted molar refractivity (Wildman–Crippen MR) is 63.0 cm³/mol. The van der Waals surface area contributed by atoms with Crippen molar-refractivity contribution in [1.82, 2.24) is 0 Å². The molecule has 0 saturated carbocycles. The summed E-state index contributed by atoms with van der Waals surface area (Å²) in [6, 6.07) is 2.96. The summed E-state index contributed by atoms with van der Waals surface area (Å²) in [6.45, 7) is 5.20. The normalized spacial score (nSPS) is 11.4. The Hall–Kier alpha value is -1.58. The quantitative estimate of drug-likeness (QED) is 0.880. The van der Waals surface area contributed by atoms with Gasteiger partial charge in [0.15, 0.2) is 0 Å². The Balaban J connectivity index is 3.38. The second kappa shape index (κ2) is 4.73. The Morgan fingerprint density at radius 1 is 1.47 bits per heavy atom. The molecule has 94 valence electrons. The molecule has 0 spiro atoms. The molecule has 17 heavy (non-hydrogen) atoms. The van der Waals surface area contributed by atoms with Gasteiger partial charge in [-0.2, -0.15) is 0 Å². The van der Waals surface area contributed by atoms with Crippen LogP contribution in [0.1, 0.15) is 31.4 Å². The fraction of sp³-hybridized carbons (Fsp3) is 0.462. The van der Waals surface area contributed by atoms with E-state index in [1.54, 1.807) is 26.8 Å². The first-order valence-corrected chi connectivity index (χ1v) is 5.35. The molecule has 1 rings (SSSR count). The van der Waals surface area contributed by atoms with Gasteiger partial charge >= 0.3 is 5.97 Å². The smallest absolute Gasteiger partial charge is 0.304 e. The number of aryl methyl sites for hydroxylation is 1. The molecule has 1 N–H and O–H groups in total. The first-order chi connectivity index (χ1) is 7.79. The number of carboxylic acid groups (broad SMARTS) is 1. The summed E-state index contributed by atoms with van der Waals surface area (Å²) < 4.78 is 19.1. The molecule has 0 aromatic heterocycles. The van der Waals surface area contributed by atoms with E-state index in [0.29, 0.717) is 11.3 Å². The van der Waals surface area contributed by atoms with E-state index < -0.39 is 17.2 Å². The van der Waals surface area contributed by atoms with Gasteiger partial charge in [0.1, 0.15) is 11.6 Å². The molecule has 3 nitrogen and oxygen atoms in total. The van der Waals surface area contributed by atoms with E-state index >= 15 is 0 Å². The van der Waals surface area contributed by atoms with Crippen molar-refractivity contribution in [2.75, 3.05) is 7.11 Å². The second-order valence-corrected chi connectivity index (χ2v) is 4.73. The van der Waals surface area contributed by atoms with Crippen LogP contribution >= 0.6 is 0 Å². The zero-order chi connectivity index (χ0) is 13.2. The van der Waals surface area contributed by atoms with Gasteiger partial charge in [0.25, 0.3) is 0 Å². The lowest BCUT2D eigenvalue weighted by molar-refractivity contribution is -0.138. The maximum atomic E-state index is 13.9. The minimum Gasteiger partial charge on any atom is -0.496 e. The van der Waals surface area contributed by atoms with Gasteiger partial charge in [-0.15, -0.1) is 0 Å². The van der Waals surface area contributed by atoms with Crippen LogP contribution in [0.4, 0.5) is 4.39 Å². The zero-order valence-corrected chi connectivity index (χ0v) is 10.5. The number of halogens is 1. The van der Waals surface area contributed by atoms with Crippen LogP contribution in [0.25, 0.3) is 0 Å². The van der Waals surface area contributed by atoms with Crippen LogP contribution in [0.2, 0.25) is 0 Å². The largest absolute Gasteiger partial charge is 0.496 e. The van der Waals surface area contributed by atoms with Gasteiger partial charge in [-0.3, -0.25) is 4.79 Å². The molecule has 0 fully saturated rings. The van der Waals surface area contributed by atoms with E-state index in [1.165, 1.54) is 13.2 Å². The molecule has 1 aromatic carbocycles. The standard InChI is InChI=1S/C13H17FO3/c1-8-5-6-9(14)11(12(8)17-4)13(2,3)7-10(15)16/h5-6H,7H2,1-4H3,(H,15,16). The monoisotopic (exact) mass is 240 g/mol.